The molecule has 0 aliphatic rings. The molecule has 0 fully saturated rings. The molecule has 0 unspecified atom stereocenters. The maximum Gasteiger partial charge on any atom is 0.233 e. The van der Waals surface area contributed by atoms with Gasteiger partial charge in [-0.1, -0.05) is 48.5 Å². The number of aromatic nitrogens is 3. The van der Waals surface area contributed by atoms with Crippen LogP contribution in [0.4, 0.5) is 0 Å². The SMILES string of the molecule is CC[C@@H](Sc1nc2ccncc2[nH]1)C(=O)NCc1ccc(C)cc1. The number of rotatable bonds is 6. The average molecular weight is 340 g/mol. The van der Waals surface area contributed by atoms with Crippen LogP contribution in [0.3, 0.4) is 0 Å². The first-order valence-electron chi connectivity index (χ1n) is 7.95. The molecule has 6 heteroatoms. The predicted molar refractivity (Wildman–Crippen MR) is 96.9 cm³/mol. The lowest BCUT2D eigenvalue weighted by Crippen LogP contribution is -2.31. The molecule has 1 amide bonds. The number of pyridine rings is 1. The topological polar surface area (TPSA) is 70.7 Å². The summed E-state index contributed by atoms with van der Waals surface area (Å²) in [6.45, 7) is 4.60. The molecule has 2 aromatic heterocycles. The van der Waals surface area contributed by atoms with Gasteiger partial charge in [-0.05, 0) is 25.0 Å². The Labute approximate surface area is 145 Å². The quantitative estimate of drug-likeness (QED) is 0.674. The second-order valence-corrected chi connectivity index (χ2v) is 6.84. The van der Waals surface area contributed by atoms with Crippen LogP contribution in [0.25, 0.3) is 11.0 Å². The third kappa shape index (κ3) is 3.94. The number of amides is 1. The van der Waals surface area contributed by atoms with E-state index in [-0.39, 0.29) is 11.2 Å². The van der Waals surface area contributed by atoms with Gasteiger partial charge >= 0.3 is 0 Å². The molecule has 0 saturated carbocycles. The number of hydrogen-bond donors (Lipinski definition) is 2. The summed E-state index contributed by atoms with van der Waals surface area (Å²) in [5.41, 5.74) is 4.06. The van der Waals surface area contributed by atoms with Crippen LogP contribution in [0.15, 0.2) is 47.9 Å². The maximum absolute atomic E-state index is 12.4. The fourth-order valence-corrected chi connectivity index (χ4v) is 3.30. The van der Waals surface area contributed by atoms with Gasteiger partial charge < -0.3 is 10.3 Å². The van der Waals surface area contributed by atoms with Crippen molar-refractivity contribution < 1.29 is 4.79 Å². The third-order valence-corrected chi connectivity index (χ3v) is 5.01. The Morgan fingerprint density at radius 3 is 2.79 bits per heavy atom. The molecule has 3 aromatic rings. The molecule has 3 rings (SSSR count). The minimum atomic E-state index is -0.177. The lowest BCUT2D eigenvalue weighted by molar-refractivity contribution is -0.120. The van der Waals surface area contributed by atoms with E-state index < -0.39 is 0 Å². The van der Waals surface area contributed by atoms with Crippen molar-refractivity contribution in [2.24, 2.45) is 0 Å². The molecule has 2 heterocycles. The van der Waals surface area contributed by atoms with E-state index in [0.717, 1.165) is 28.2 Å². The highest BCUT2D eigenvalue weighted by atomic mass is 32.2. The molecule has 0 aliphatic carbocycles. The molecular weight excluding hydrogens is 320 g/mol. The first-order chi connectivity index (χ1) is 11.7. The summed E-state index contributed by atoms with van der Waals surface area (Å²) in [5, 5.41) is 3.58. The molecule has 0 spiro atoms. The third-order valence-electron chi connectivity index (χ3n) is 3.77. The summed E-state index contributed by atoms with van der Waals surface area (Å²) >= 11 is 1.45. The van der Waals surface area contributed by atoms with Gasteiger partial charge in [0.2, 0.25) is 5.91 Å². The van der Waals surface area contributed by atoms with Gasteiger partial charge in [0.1, 0.15) is 0 Å². The van der Waals surface area contributed by atoms with E-state index in [1.807, 2.05) is 25.1 Å². The summed E-state index contributed by atoms with van der Waals surface area (Å²) in [6.07, 6.45) is 4.19. The van der Waals surface area contributed by atoms with Gasteiger partial charge in [-0.15, -0.1) is 0 Å². The Balaban J connectivity index is 1.62. The highest BCUT2D eigenvalue weighted by Gasteiger charge is 2.19. The van der Waals surface area contributed by atoms with Crippen LogP contribution in [-0.4, -0.2) is 26.1 Å². The zero-order chi connectivity index (χ0) is 16.9. The van der Waals surface area contributed by atoms with Crippen molar-refractivity contribution >= 4 is 28.7 Å². The van der Waals surface area contributed by atoms with Crippen molar-refractivity contribution in [1.82, 2.24) is 20.3 Å². The van der Waals surface area contributed by atoms with Crippen molar-refractivity contribution in [3.63, 3.8) is 0 Å². The second kappa shape index (κ2) is 7.49. The number of imidazole rings is 1. The number of H-pyrrole nitrogens is 1. The molecule has 5 nitrogen and oxygen atoms in total. The molecule has 0 radical (unpaired) electrons. The lowest BCUT2D eigenvalue weighted by atomic mass is 10.1. The molecule has 124 valence electrons. The van der Waals surface area contributed by atoms with Crippen LogP contribution >= 0.6 is 11.8 Å². The normalized spacial score (nSPS) is 12.2. The number of aromatic amines is 1. The van der Waals surface area contributed by atoms with Crippen molar-refractivity contribution in [2.45, 2.75) is 37.2 Å². The number of nitrogens with zero attached hydrogens (tertiary/aromatic N) is 2. The molecule has 0 bridgehead atoms. The number of benzene rings is 1. The number of hydrogen-bond acceptors (Lipinski definition) is 4. The zero-order valence-corrected chi connectivity index (χ0v) is 14.6. The molecule has 1 aromatic carbocycles. The van der Waals surface area contributed by atoms with Crippen molar-refractivity contribution in [3.8, 4) is 0 Å². The minimum Gasteiger partial charge on any atom is -0.351 e. The number of aryl methyl sites for hydroxylation is 1. The van der Waals surface area contributed by atoms with Crippen molar-refractivity contribution in [3.05, 3.63) is 53.9 Å². The summed E-state index contributed by atoms with van der Waals surface area (Å²) in [7, 11) is 0. The highest BCUT2D eigenvalue weighted by molar-refractivity contribution is 8.00. The number of carbonyl (C=O) groups excluding carboxylic acids is 1. The summed E-state index contributed by atoms with van der Waals surface area (Å²) in [4.78, 5) is 24.2. The Hall–Kier alpha value is -2.34. The van der Waals surface area contributed by atoms with Crippen molar-refractivity contribution in [1.29, 1.82) is 0 Å². The molecule has 1 atom stereocenters. The fourth-order valence-electron chi connectivity index (χ4n) is 2.36. The highest BCUT2D eigenvalue weighted by Crippen LogP contribution is 2.25. The second-order valence-electron chi connectivity index (χ2n) is 5.65. The fraction of sp³-hybridized carbons (Fsp3) is 0.278. The van der Waals surface area contributed by atoms with E-state index in [1.165, 1.54) is 17.3 Å². The summed E-state index contributed by atoms with van der Waals surface area (Å²) < 4.78 is 0. The van der Waals surface area contributed by atoms with Crippen LogP contribution in [0.5, 0.6) is 0 Å². The lowest BCUT2D eigenvalue weighted by Gasteiger charge is -2.13. The molecule has 0 saturated heterocycles. The average Bonchev–Trinajstić information content (AvgIpc) is 3.01. The summed E-state index contributed by atoms with van der Waals surface area (Å²) in [6, 6.07) is 10.0. The number of thioether (sulfide) groups is 1. The van der Waals surface area contributed by atoms with E-state index in [1.54, 1.807) is 12.4 Å². The predicted octanol–water partition coefficient (Wildman–Crippen LogP) is 3.45. The zero-order valence-electron chi connectivity index (χ0n) is 13.7. The minimum absolute atomic E-state index is 0.0293. The van der Waals surface area contributed by atoms with Crippen molar-refractivity contribution in [2.75, 3.05) is 0 Å². The Morgan fingerprint density at radius 1 is 1.29 bits per heavy atom. The monoisotopic (exact) mass is 340 g/mol. The molecular formula is C18H20N4OS. The van der Waals surface area contributed by atoms with Crippen LogP contribution < -0.4 is 5.32 Å². The van der Waals surface area contributed by atoms with E-state index in [0.29, 0.717) is 6.54 Å². The van der Waals surface area contributed by atoms with Gasteiger partial charge in [-0.3, -0.25) is 9.78 Å². The van der Waals surface area contributed by atoms with Gasteiger partial charge in [-0.2, -0.15) is 0 Å². The Bertz CT molecular complexity index is 795. The van der Waals surface area contributed by atoms with Crippen LogP contribution in [0.1, 0.15) is 24.5 Å². The van der Waals surface area contributed by atoms with Gasteiger partial charge in [0, 0.05) is 12.7 Å². The van der Waals surface area contributed by atoms with E-state index in [4.69, 9.17) is 0 Å². The molecule has 0 aliphatic heterocycles. The first kappa shape index (κ1) is 16.5. The number of fused-ring (bicyclic) bond motifs is 1. The smallest absolute Gasteiger partial charge is 0.233 e. The number of carbonyl (C=O) groups is 1. The van der Waals surface area contributed by atoms with Crippen LogP contribution in [-0.2, 0) is 11.3 Å². The van der Waals surface area contributed by atoms with Gasteiger partial charge in [-0.25, -0.2) is 4.98 Å². The van der Waals surface area contributed by atoms with Gasteiger partial charge in [0.15, 0.2) is 5.16 Å². The Morgan fingerprint density at radius 2 is 2.08 bits per heavy atom. The first-order valence-corrected chi connectivity index (χ1v) is 8.83. The van der Waals surface area contributed by atoms with Crippen LogP contribution in [0.2, 0.25) is 0 Å². The maximum atomic E-state index is 12.4. The van der Waals surface area contributed by atoms with E-state index >= 15 is 0 Å². The standard InChI is InChI=1S/C18H20N4OS/c1-3-16(17(23)20-10-13-6-4-12(2)5-7-13)24-18-21-14-8-9-19-11-15(14)22-18/h4-9,11,16H,3,10H2,1-2H3,(H,20,23)(H,21,22)/t16-/m1/s1. The van der Waals surface area contributed by atoms with Gasteiger partial charge in [0.25, 0.3) is 0 Å². The molecule has 24 heavy (non-hydrogen) atoms. The largest absolute Gasteiger partial charge is 0.351 e. The molecule has 2 N–H and O–H groups in total. The number of nitrogens with one attached hydrogen (secondary N) is 2. The van der Waals surface area contributed by atoms with E-state index in [2.05, 4.69) is 39.3 Å². The van der Waals surface area contributed by atoms with E-state index in [9.17, 15) is 4.79 Å². The summed E-state index contributed by atoms with van der Waals surface area (Å²) in [5.74, 6) is 0.0293. The Kier molecular flexibility index (Phi) is 5.15. The van der Waals surface area contributed by atoms with Gasteiger partial charge in [0.05, 0.1) is 22.5 Å². The van der Waals surface area contributed by atoms with Crippen LogP contribution in [0, 0.1) is 6.92 Å².